The Bertz CT molecular complexity index is 1410. The second-order valence-electron chi connectivity index (χ2n) is 8.38. The minimum absolute atomic E-state index is 0.0611. The Morgan fingerprint density at radius 2 is 1.83 bits per heavy atom. The zero-order chi connectivity index (χ0) is 25.7. The van der Waals surface area contributed by atoms with Crippen LogP contribution in [0.25, 0.3) is 22.0 Å². The Morgan fingerprint density at radius 1 is 1.08 bits per heavy atom. The number of aromatic nitrogens is 4. The summed E-state index contributed by atoms with van der Waals surface area (Å²) in [4.78, 5) is 28.6. The standard InChI is InChI=1S/C26H25FN4O5/c1-36-23-12-10-18(15-28-23)17-8-5-16(6-9-17)7-11-22(32)19(26(34)35)13-14-31-25(33)24-20(27)3-2-4-21(24)29-30-31/h2-6,8-10,12,15,19,22,32H,7,11,13-14H2,1H3,(H,34,35)/t19-,22+/m0/s1. The molecule has 0 unspecified atom stereocenters. The van der Waals surface area contributed by atoms with Crippen molar-refractivity contribution in [1.29, 1.82) is 0 Å². The molecule has 0 bridgehead atoms. The van der Waals surface area contributed by atoms with Crippen molar-refractivity contribution in [3.05, 3.63) is 82.5 Å². The molecule has 0 spiro atoms. The van der Waals surface area contributed by atoms with E-state index in [1.807, 2.05) is 30.3 Å². The number of ether oxygens (including phenoxy) is 1. The summed E-state index contributed by atoms with van der Waals surface area (Å²) >= 11 is 0. The van der Waals surface area contributed by atoms with Gasteiger partial charge in [0.25, 0.3) is 5.56 Å². The summed E-state index contributed by atoms with van der Waals surface area (Å²) in [7, 11) is 1.55. The number of carboxylic acid groups (broad SMARTS) is 1. The lowest BCUT2D eigenvalue weighted by molar-refractivity contribution is -0.146. The first-order valence-electron chi connectivity index (χ1n) is 11.4. The van der Waals surface area contributed by atoms with E-state index in [2.05, 4.69) is 15.3 Å². The van der Waals surface area contributed by atoms with Gasteiger partial charge in [-0.2, -0.15) is 0 Å². The molecule has 4 aromatic rings. The third-order valence-corrected chi connectivity index (χ3v) is 6.10. The fourth-order valence-corrected chi connectivity index (χ4v) is 4.02. The number of carboxylic acids is 1. The van der Waals surface area contributed by atoms with Crippen molar-refractivity contribution in [1.82, 2.24) is 20.0 Å². The molecular weight excluding hydrogens is 467 g/mol. The van der Waals surface area contributed by atoms with Crippen LogP contribution < -0.4 is 10.3 Å². The second-order valence-corrected chi connectivity index (χ2v) is 8.38. The van der Waals surface area contributed by atoms with Gasteiger partial charge in [0, 0.05) is 24.4 Å². The average Bonchev–Trinajstić information content (AvgIpc) is 2.89. The van der Waals surface area contributed by atoms with Crippen molar-refractivity contribution >= 4 is 16.9 Å². The molecule has 2 aromatic heterocycles. The summed E-state index contributed by atoms with van der Waals surface area (Å²) in [6, 6.07) is 15.4. The van der Waals surface area contributed by atoms with E-state index >= 15 is 0 Å². The highest BCUT2D eigenvalue weighted by Crippen LogP contribution is 2.22. The predicted octanol–water partition coefficient (Wildman–Crippen LogP) is 3.09. The van der Waals surface area contributed by atoms with Gasteiger partial charge in [-0.15, -0.1) is 5.10 Å². The number of hydrogen-bond acceptors (Lipinski definition) is 7. The zero-order valence-corrected chi connectivity index (χ0v) is 19.5. The van der Waals surface area contributed by atoms with E-state index in [4.69, 9.17) is 4.74 Å². The monoisotopic (exact) mass is 492 g/mol. The van der Waals surface area contributed by atoms with Gasteiger partial charge in [0.05, 0.1) is 19.1 Å². The second kappa shape index (κ2) is 11.0. The molecule has 2 N–H and O–H groups in total. The van der Waals surface area contributed by atoms with E-state index in [0.29, 0.717) is 12.3 Å². The van der Waals surface area contributed by atoms with Crippen LogP contribution in [0.5, 0.6) is 5.88 Å². The maximum Gasteiger partial charge on any atom is 0.309 e. The molecule has 0 saturated carbocycles. The predicted molar refractivity (Wildman–Crippen MR) is 130 cm³/mol. The fourth-order valence-electron chi connectivity index (χ4n) is 4.02. The number of hydrogen-bond donors (Lipinski definition) is 2. The fraction of sp³-hybridized carbons (Fsp3) is 0.269. The molecule has 0 radical (unpaired) electrons. The summed E-state index contributed by atoms with van der Waals surface area (Å²) in [5.74, 6) is -2.50. The summed E-state index contributed by atoms with van der Waals surface area (Å²) in [5, 5.41) is 27.7. The summed E-state index contributed by atoms with van der Waals surface area (Å²) in [6.07, 6.45) is 1.19. The number of pyridine rings is 1. The van der Waals surface area contributed by atoms with Crippen LogP contribution in [-0.4, -0.2) is 49.4 Å². The van der Waals surface area contributed by atoms with Crippen LogP contribution in [0.4, 0.5) is 4.39 Å². The maximum absolute atomic E-state index is 14.1. The van der Waals surface area contributed by atoms with Gasteiger partial charge in [-0.1, -0.05) is 35.5 Å². The highest BCUT2D eigenvalue weighted by atomic mass is 19.1. The first-order chi connectivity index (χ1) is 17.4. The minimum atomic E-state index is -1.18. The van der Waals surface area contributed by atoms with Crippen molar-refractivity contribution in [2.45, 2.75) is 31.9 Å². The summed E-state index contributed by atoms with van der Waals surface area (Å²) < 4.78 is 20.1. The van der Waals surface area contributed by atoms with E-state index < -0.39 is 29.4 Å². The molecule has 0 fully saturated rings. The Labute approximate surface area is 205 Å². The maximum atomic E-state index is 14.1. The number of halogens is 1. The van der Waals surface area contributed by atoms with Crippen LogP contribution in [-0.2, 0) is 17.8 Å². The van der Waals surface area contributed by atoms with E-state index in [0.717, 1.165) is 27.4 Å². The number of methoxy groups -OCH3 is 1. The molecular formula is C26H25FN4O5. The van der Waals surface area contributed by atoms with E-state index in [-0.39, 0.29) is 30.3 Å². The van der Waals surface area contributed by atoms with Gasteiger partial charge in [-0.3, -0.25) is 9.59 Å². The molecule has 0 amide bonds. The zero-order valence-electron chi connectivity index (χ0n) is 19.5. The number of aliphatic hydroxyl groups excluding tert-OH is 1. The molecule has 186 valence electrons. The molecule has 9 nitrogen and oxygen atoms in total. The van der Waals surface area contributed by atoms with Crippen LogP contribution in [0.2, 0.25) is 0 Å². The molecule has 10 heteroatoms. The number of carbonyl (C=O) groups is 1. The lowest BCUT2D eigenvalue weighted by Crippen LogP contribution is -2.32. The average molecular weight is 493 g/mol. The molecule has 2 heterocycles. The minimum Gasteiger partial charge on any atom is -0.481 e. The molecule has 36 heavy (non-hydrogen) atoms. The van der Waals surface area contributed by atoms with E-state index in [1.165, 1.54) is 12.1 Å². The van der Waals surface area contributed by atoms with Gasteiger partial charge in [0.15, 0.2) is 0 Å². The van der Waals surface area contributed by atoms with Crippen LogP contribution >= 0.6 is 0 Å². The number of benzene rings is 2. The molecule has 0 aliphatic carbocycles. The number of rotatable bonds is 10. The Balaban J connectivity index is 1.38. The largest absolute Gasteiger partial charge is 0.481 e. The number of aryl methyl sites for hydroxylation is 2. The number of fused-ring (bicyclic) bond motifs is 1. The van der Waals surface area contributed by atoms with Crippen molar-refractivity contribution in [3.8, 4) is 17.0 Å². The molecule has 0 aliphatic heterocycles. The Kier molecular flexibility index (Phi) is 7.65. The van der Waals surface area contributed by atoms with Gasteiger partial charge in [0.2, 0.25) is 5.88 Å². The Morgan fingerprint density at radius 3 is 2.50 bits per heavy atom. The molecule has 4 rings (SSSR count). The van der Waals surface area contributed by atoms with Crippen LogP contribution in [0.3, 0.4) is 0 Å². The van der Waals surface area contributed by atoms with Gasteiger partial charge >= 0.3 is 5.97 Å². The van der Waals surface area contributed by atoms with Gasteiger partial charge in [-0.05, 0) is 48.6 Å². The molecule has 2 aromatic carbocycles. The highest BCUT2D eigenvalue weighted by Gasteiger charge is 2.26. The third kappa shape index (κ3) is 5.55. The normalized spacial score (nSPS) is 12.9. The van der Waals surface area contributed by atoms with Crippen LogP contribution in [0, 0.1) is 11.7 Å². The third-order valence-electron chi connectivity index (χ3n) is 6.10. The van der Waals surface area contributed by atoms with E-state index in [1.54, 1.807) is 19.4 Å². The number of aliphatic carboxylic acids is 1. The Hall–Kier alpha value is -4.18. The van der Waals surface area contributed by atoms with Crippen molar-refractivity contribution < 1.29 is 24.1 Å². The van der Waals surface area contributed by atoms with Gasteiger partial charge < -0.3 is 14.9 Å². The molecule has 0 saturated heterocycles. The van der Waals surface area contributed by atoms with Crippen molar-refractivity contribution in [3.63, 3.8) is 0 Å². The lowest BCUT2D eigenvalue weighted by Gasteiger charge is -2.19. The van der Waals surface area contributed by atoms with Crippen LogP contribution in [0.15, 0.2) is 65.6 Å². The molecule has 2 atom stereocenters. The lowest BCUT2D eigenvalue weighted by atomic mass is 9.93. The topological polar surface area (TPSA) is 127 Å². The molecule has 0 aliphatic rings. The van der Waals surface area contributed by atoms with Gasteiger partial charge in [-0.25, -0.2) is 14.1 Å². The number of nitrogens with zero attached hydrogens (tertiary/aromatic N) is 4. The van der Waals surface area contributed by atoms with E-state index in [9.17, 15) is 24.2 Å². The van der Waals surface area contributed by atoms with Gasteiger partial charge in [0.1, 0.15) is 16.7 Å². The van der Waals surface area contributed by atoms with Crippen LogP contribution in [0.1, 0.15) is 18.4 Å². The first kappa shape index (κ1) is 24.9. The first-order valence-corrected chi connectivity index (χ1v) is 11.4. The number of aliphatic hydroxyl groups is 1. The summed E-state index contributed by atoms with van der Waals surface area (Å²) in [6.45, 7) is -0.116. The quantitative estimate of drug-likeness (QED) is 0.346. The smallest absolute Gasteiger partial charge is 0.309 e. The van der Waals surface area contributed by atoms with Crippen molar-refractivity contribution in [2.24, 2.45) is 5.92 Å². The SMILES string of the molecule is COc1ccc(-c2ccc(CC[C@@H](O)[C@H](CCn3nnc4cccc(F)c4c3=O)C(=O)O)cc2)cn1. The summed E-state index contributed by atoms with van der Waals surface area (Å²) in [5.41, 5.74) is 2.27. The highest BCUT2D eigenvalue weighted by molar-refractivity contribution is 5.77. The van der Waals surface area contributed by atoms with Crippen molar-refractivity contribution in [2.75, 3.05) is 7.11 Å².